The highest BCUT2D eigenvalue weighted by molar-refractivity contribution is 7.22. The Bertz CT molecular complexity index is 581. The van der Waals surface area contributed by atoms with Gasteiger partial charge in [0.25, 0.3) is 0 Å². The van der Waals surface area contributed by atoms with Crippen molar-refractivity contribution >= 4 is 32.6 Å². The fourth-order valence-electron chi connectivity index (χ4n) is 1.93. The Balaban J connectivity index is 1.90. The lowest BCUT2D eigenvalue weighted by Crippen LogP contribution is -2.15. The number of anilines is 1. The van der Waals surface area contributed by atoms with Gasteiger partial charge in [0.15, 0.2) is 16.6 Å². The first kappa shape index (κ1) is 12.2. The minimum absolute atomic E-state index is 0.00109. The summed E-state index contributed by atoms with van der Waals surface area (Å²) in [5.74, 6) is 1.46. The van der Waals surface area contributed by atoms with Gasteiger partial charge in [0.2, 0.25) is 5.91 Å². The summed E-state index contributed by atoms with van der Waals surface area (Å²) in [6, 6.07) is 3.77. The number of carbonyl (C=O) groups excluding carboxylic acids is 1. The molecule has 100 valence electrons. The molecule has 1 aromatic carbocycles. The molecule has 5 nitrogen and oxygen atoms in total. The maximum atomic E-state index is 11.6. The molecule has 1 N–H and O–H groups in total. The standard InChI is InChI=1S/C13H14N2O3S/c1-2-3-12(16)15-13-14-8-6-9-10(7-11(8)19-13)18-5-4-17-9/h6-7H,2-5H2,1H3,(H,14,15,16). The van der Waals surface area contributed by atoms with Crippen LogP contribution in [-0.2, 0) is 4.79 Å². The van der Waals surface area contributed by atoms with E-state index >= 15 is 0 Å². The lowest BCUT2D eigenvalue weighted by atomic mass is 10.3. The van der Waals surface area contributed by atoms with E-state index in [1.165, 1.54) is 11.3 Å². The van der Waals surface area contributed by atoms with Gasteiger partial charge in [-0.3, -0.25) is 4.79 Å². The van der Waals surface area contributed by atoms with Crippen molar-refractivity contribution in [1.82, 2.24) is 4.98 Å². The minimum atomic E-state index is -0.00109. The minimum Gasteiger partial charge on any atom is -0.486 e. The zero-order chi connectivity index (χ0) is 13.2. The fraction of sp³-hybridized carbons (Fsp3) is 0.385. The number of hydrogen-bond acceptors (Lipinski definition) is 5. The average Bonchev–Trinajstić information content (AvgIpc) is 2.77. The van der Waals surface area contributed by atoms with E-state index in [1.54, 1.807) is 0 Å². The summed E-state index contributed by atoms with van der Waals surface area (Å²) in [6.45, 7) is 3.10. The Hall–Kier alpha value is -1.82. The Labute approximate surface area is 114 Å². The number of amides is 1. The first-order valence-electron chi connectivity index (χ1n) is 6.26. The summed E-state index contributed by atoms with van der Waals surface area (Å²) in [5, 5.41) is 3.43. The van der Waals surface area contributed by atoms with E-state index in [0.717, 1.165) is 28.1 Å². The number of ether oxygens (including phenoxy) is 2. The number of rotatable bonds is 3. The van der Waals surface area contributed by atoms with Gasteiger partial charge in [-0.25, -0.2) is 4.98 Å². The molecule has 0 saturated heterocycles. The topological polar surface area (TPSA) is 60.5 Å². The van der Waals surface area contributed by atoms with Gasteiger partial charge in [-0.05, 0) is 6.42 Å². The number of carbonyl (C=O) groups is 1. The van der Waals surface area contributed by atoms with Crippen molar-refractivity contribution in [3.63, 3.8) is 0 Å². The number of hydrogen-bond donors (Lipinski definition) is 1. The molecule has 0 saturated carbocycles. The highest BCUT2D eigenvalue weighted by Gasteiger charge is 2.15. The molecule has 1 amide bonds. The molecular formula is C13H14N2O3S. The van der Waals surface area contributed by atoms with Crippen molar-refractivity contribution in [2.45, 2.75) is 19.8 Å². The lowest BCUT2D eigenvalue weighted by Gasteiger charge is -2.17. The molecule has 1 aliphatic rings. The summed E-state index contributed by atoms with van der Waals surface area (Å²) in [7, 11) is 0. The van der Waals surface area contributed by atoms with Crippen LogP contribution in [0.4, 0.5) is 5.13 Å². The van der Waals surface area contributed by atoms with Crippen molar-refractivity contribution in [1.29, 1.82) is 0 Å². The second-order valence-corrected chi connectivity index (χ2v) is 5.31. The van der Waals surface area contributed by atoms with Crippen LogP contribution in [0.1, 0.15) is 19.8 Å². The van der Waals surface area contributed by atoms with Gasteiger partial charge in [-0.15, -0.1) is 0 Å². The van der Waals surface area contributed by atoms with Crippen molar-refractivity contribution in [3.05, 3.63) is 12.1 Å². The van der Waals surface area contributed by atoms with E-state index < -0.39 is 0 Å². The maximum absolute atomic E-state index is 11.6. The van der Waals surface area contributed by atoms with Gasteiger partial charge in [0.05, 0.1) is 10.2 Å². The number of aromatic nitrogens is 1. The predicted molar refractivity (Wildman–Crippen MR) is 74.1 cm³/mol. The van der Waals surface area contributed by atoms with Crippen molar-refractivity contribution in [2.24, 2.45) is 0 Å². The molecule has 0 fully saturated rings. The van der Waals surface area contributed by atoms with Crippen LogP contribution in [0, 0.1) is 0 Å². The number of nitrogens with one attached hydrogen (secondary N) is 1. The summed E-state index contributed by atoms with van der Waals surface area (Å²) < 4.78 is 12.0. The van der Waals surface area contributed by atoms with Gasteiger partial charge >= 0.3 is 0 Å². The molecule has 0 atom stereocenters. The molecule has 2 heterocycles. The van der Waals surface area contributed by atoms with E-state index in [9.17, 15) is 4.79 Å². The van der Waals surface area contributed by atoms with Gasteiger partial charge in [0, 0.05) is 18.6 Å². The monoisotopic (exact) mass is 278 g/mol. The van der Waals surface area contributed by atoms with Gasteiger partial charge in [-0.1, -0.05) is 18.3 Å². The van der Waals surface area contributed by atoms with E-state index in [1.807, 2.05) is 19.1 Å². The number of nitrogens with zero attached hydrogens (tertiary/aromatic N) is 1. The molecular weight excluding hydrogens is 264 g/mol. The third-order valence-corrected chi connectivity index (χ3v) is 3.71. The van der Waals surface area contributed by atoms with E-state index in [0.29, 0.717) is 24.8 Å². The molecule has 0 bridgehead atoms. The zero-order valence-corrected chi connectivity index (χ0v) is 11.4. The van der Waals surface area contributed by atoms with Crippen LogP contribution < -0.4 is 14.8 Å². The molecule has 2 aromatic rings. The highest BCUT2D eigenvalue weighted by Crippen LogP contribution is 2.37. The second kappa shape index (κ2) is 5.05. The highest BCUT2D eigenvalue weighted by atomic mass is 32.1. The van der Waals surface area contributed by atoms with Crippen LogP contribution >= 0.6 is 11.3 Å². The van der Waals surface area contributed by atoms with Crippen LogP contribution in [0.25, 0.3) is 10.2 Å². The average molecular weight is 278 g/mol. The Morgan fingerprint density at radius 3 is 2.84 bits per heavy atom. The van der Waals surface area contributed by atoms with Crippen LogP contribution in [0.5, 0.6) is 11.5 Å². The van der Waals surface area contributed by atoms with E-state index in [2.05, 4.69) is 10.3 Å². The third kappa shape index (κ3) is 2.49. The molecule has 0 radical (unpaired) electrons. The largest absolute Gasteiger partial charge is 0.486 e. The van der Waals surface area contributed by atoms with Crippen LogP contribution in [0.15, 0.2) is 12.1 Å². The quantitative estimate of drug-likeness (QED) is 0.937. The fourth-order valence-corrected chi connectivity index (χ4v) is 2.82. The van der Waals surface area contributed by atoms with E-state index in [4.69, 9.17) is 9.47 Å². The zero-order valence-electron chi connectivity index (χ0n) is 10.6. The SMILES string of the molecule is CCCC(=O)Nc1nc2cc3c(cc2s1)OCCO3. The summed E-state index contributed by atoms with van der Waals surface area (Å²) in [4.78, 5) is 15.9. The molecule has 6 heteroatoms. The molecule has 19 heavy (non-hydrogen) atoms. The summed E-state index contributed by atoms with van der Waals surface area (Å²) >= 11 is 1.45. The number of fused-ring (bicyclic) bond motifs is 2. The molecule has 0 aliphatic carbocycles. The second-order valence-electron chi connectivity index (χ2n) is 4.28. The van der Waals surface area contributed by atoms with Crippen molar-refractivity contribution in [2.75, 3.05) is 18.5 Å². The Kier molecular flexibility index (Phi) is 3.25. The predicted octanol–water partition coefficient (Wildman–Crippen LogP) is 2.81. The summed E-state index contributed by atoms with van der Waals surface area (Å²) in [5.41, 5.74) is 0.820. The van der Waals surface area contributed by atoms with Crippen molar-refractivity contribution < 1.29 is 14.3 Å². The first-order chi connectivity index (χ1) is 9.26. The molecule has 1 aliphatic heterocycles. The van der Waals surface area contributed by atoms with Gasteiger partial charge in [-0.2, -0.15) is 0 Å². The van der Waals surface area contributed by atoms with Crippen LogP contribution in [-0.4, -0.2) is 24.1 Å². The summed E-state index contributed by atoms with van der Waals surface area (Å²) in [6.07, 6.45) is 1.34. The lowest BCUT2D eigenvalue weighted by molar-refractivity contribution is -0.116. The normalized spacial score (nSPS) is 13.5. The Morgan fingerprint density at radius 1 is 1.37 bits per heavy atom. The maximum Gasteiger partial charge on any atom is 0.226 e. The smallest absolute Gasteiger partial charge is 0.226 e. The number of thiazole rings is 1. The number of benzene rings is 1. The van der Waals surface area contributed by atoms with E-state index in [-0.39, 0.29) is 5.91 Å². The molecule has 1 aromatic heterocycles. The van der Waals surface area contributed by atoms with Crippen molar-refractivity contribution in [3.8, 4) is 11.5 Å². The molecule has 0 unspecified atom stereocenters. The van der Waals surface area contributed by atoms with Gasteiger partial charge < -0.3 is 14.8 Å². The van der Waals surface area contributed by atoms with Crippen LogP contribution in [0.3, 0.4) is 0 Å². The van der Waals surface area contributed by atoms with Crippen LogP contribution in [0.2, 0.25) is 0 Å². The van der Waals surface area contributed by atoms with Gasteiger partial charge in [0.1, 0.15) is 13.2 Å². The third-order valence-electron chi connectivity index (χ3n) is 2.78. The Morgan fingerprint density at radius 2 is 2.11 bits per heavy atom. The first-order valence-corrected chi connectivity index (χ1v) is 7.08. The molecule has 0 spiro atoms. The molecule has 3 rings (SSSR count).